The smallest absolute Gasteiger partial charge is 0.336 e. The molecule has 16 nitrogen and oxygen atoms in total. The van der Waals surface area contributed by atoms with Gasteiger partial charge < -0.3 is 19.5 Å². The van der Waals surface area contributed by atoms with E-state index in [2.05, 4.69) is 102 Å². The van der Waals surface area contributed by atoms with Crippen LogP contribution in [0.4, 0.5) is 8.78 Å². The molecule has 0 fully saturated rings. The van der Waals surface area contributed by atoms with Gasteiger partial charge in [0.05, 0.1) is 45.1 Å². The molecule has 0 bridgehead atoms. The maximum absolute atomic E-state index is 12.6. The number of hydrogen-bond donors (Lipinski definition) is 5. The van der Waals surface area contributed by atoms with Crippen LogP contribution in [0.25, 0.3) is 21.8 Å². The van der Waals surface area contributed by atoms with E-state index in [9.17, 15) is 41.2 Å². The van der Waals surface area contributed by atoms with Crippen LogP contribution >= 0.6 is 27.5 Å². The Morgan fingerprint density at radius 2 is 0.761 bits per heavy atom. The van der Waals surface area contributed by atoms with Crippen LogP contribution in [0.2, 0.25) is 0 Å². The summed E-state index contributed by atoms with van der Waals surface area (Å²) in [7, 11) is -3.59. The predicted octanol–water partition coefficient (Wildman–Crippen LogP) is 26.0. The molecule has 0 aliphatic rings. The topological polar surface area (TPSA) is 271 Å². The van der Waals surface area contributed by atoms with E-state index < -0.39 is 27.7 Å². The number of nitrogens with one attached hydrogen (secondary N) is 2. The summed E-state index contributed by atoms with van der Waals surface area (Å²) in [5, 5.41) is 50.6. The van der Waals surface area contributed by atoms with Gasteiger partial charge in [0.15, 0.2) is 23.1 Å². The number of carbonyl (C=O) groups excluding carboxylic acids is 4. The number of Topliss-reactive ketones (excluding diaryl/α,β-unsaturated/α-hetero) is 3. The summed E-state index contributed by atoms with van der Waals surface area (Å²) >= 11 is 7.75. The van der Waals surface area contributed by atoms with Crippen LogP contribution in [0, 0.1) is 50.7 Å². The maximum Gasteiger partial charge on any atom is 0.336 e. The Hall–Kier alpha value is -10.5. The number of phenolic OH excluding ortho intramolecular Hbond substituents is 2. The number of carbonyl (C=O) groups is 5. The molecule has 0 saturated carbocycles. The van der Waals surface area contributed by atoms with Crippen molar-refractivity contribution < 1.29 is 60.7 Å². The van der Waals surface area contributed by atoms with Crippen molar-refractivity contribution in [3.8, 4) is 23.3 Å². The van der Waals surface area contributed by atoms with Crippen molar-refractivity contribution >= 4 is 88.0 Å². The fourth-order valence-electron chi connectivity index (χ4n) is 6.97. The molecule has 9 aromatic carbocycles. The van der Waals surface area contributed by atoms with Gasteiger partial charge in [0.1, 0.15) is 29.2 Å². The van der Waals surface area contributed by atoms with E-state index in [0.29, 0.717) is 21.3 Å². The van der Waals surface area contributed by atoms with E-state index in [1.165, 1.54) is 92.1 Å². The number of rotatable bonds is 6. The zero-order chi connectivity index (χ0) is 82.8. The van der Waals surface area contributed by atoms with Crippen molar-refractivity contribution in [1.82, 2.24) is 20.4 Å². The first-order valence-electron chi connectivity index (χ1n) is 34.5. The summed E-state index contributed by atoms with van der Waals surface area (Å²) in [6.07, 6.45) is 0.934. The minimum atomic E-state index is -3.59. The van der Waals surface area contributed by atoms with Crippen LogP contribution in [0.1, 0.15) is 216 Å². The summed E-state index contributed by atoms with van der Waals surface area (Å²) in [6, 6.07) is 66.2. The molecular weight excluding hydrogens is 1490 g/mol. The Morgan fingerprint density at radius 1 is 0.450 bits per heavy atom. The number of aromatic nitrogens is 4. The molecule has 0 spiro atoms. The number of carboxylic acid groups (broad SMARTS) is 1. The van der Waals surface area contributed by atoms with Gasteiger partial charge in [-0.25, -0.2) is 13.6 Å². The lowest BCUT2D eigenvalue weighted by atomic mass is 10.1. The number of aryl methyl sites for hydroxylation is 4. The van der Waals surface area contributed by atoms with Crippen LogP contribution in [-0.4, -0.2) is 78.9 Å². The monoisotopic (exact) mass is 1610 g/mol. The van der Waals surface area contributed by atoms with Gasteiger partial charge in [0.25, 0.3) is 0 Å². The van der Waals surface area contributed by atoms with Crippen molar-refractivity contribution in [2.24, 2.45) is 0 Å². The van der Waals surface area contributed by atoms with Crippen molar-refractivity contribution in [3.05, 3.63) is 291 Å². The molecule has 0 saturated heterocycles. The molecule has 0 radical (unpaired) electrons. The van der Waals surface area contributed by atoms with Crippen LogP contribution in [-0.2, 0) is 14.9 Å². The van der Waals surface area contributed by atoms with Gasteiger partial charge in [0, 0.05) is 33.6 Å². The van der Waals surface area contributed by atoms with Crippen molar-refractivity contribution in [3.63, 3.8) is 0 Å². The van der Waals surface area contributed by atoms with Gasteiger partial charge in [0.2, 0.25) is 5.24 Å². The highest BCUT2D eigenvalue weighted by atomic mass is 79.9. The number of fused-ring (bicyclic) bond motifs is 2. The highest BCUT2D eigenvalue weighted by molar-refractivity contribution is 9.10. The summed E-state index contributed by atoms with van der Waals surface area (Å²) in [6.45, 7) is 41.7. The van der Waals surface area contributed by atoms with Gasteiger partial charge in [-0.2, -0.15) is 23.9 Å². The molecule has 0 unspecified atom stereocenters. The van der Waals surface area contributed by atoms with Crippen LogP contribution < -0.4 is 4.18 Å². The average molecular weight is 1610 g/mol. The zero-order valence-corrected chi connectivity index (χ0v) is 68.9. The second-order valence-electron chi connectivity index (χ2n) is 18.9. The molecule has 11 rings (SSSR count). The molecule has 0 atom stereocenters. The lowest BCUT2D eigenvalue weighted by Crippen LogP contribution is -2.08. The molecule has 21 heteroatoms. The molecule has 109 heavy (non-hydrogen) atoms. The molecule has 0 aliphatic carbocycles. The van der Waals surface area contributed by atoms with Gasteiger partial charge >= 0.3 is 16.1 Å². The normalized spacial score (nSPS) is 8.46. The largest absolute Gasteiger partial charge is 0.508 e. The molecule has 600 valence electrons. The number of aromatic hydroxyl groups is 2. The molecule has 0 amide bonds. The quantitative estimate of drug-likeness (QED) is 0.0589. The molecule has 5 N–H and O–H groups in total. The fourth-order valence-corrected chi connectivity index (χ4v) is 7.90. The van der Waals surface area contributed by atoms with E-state index in [-0.39, 0.29) is 73.1 Å². The Balaban J connectivity index is -0.000000143. The first-order chi connectivity index (χ1) is 50.6. The number of ketones is 3. The molecular formula is C88H123BrClF2N5O11S. The molecule has 11 aromatic rings. The van der Waals surface area contributed by atoms with Gasteiger partial charge in [-0.15, -0.1) is 0 Å². The Bertz CT molecular complexity index is 4070. The number of carboxylic acids is 1. The maximum atomic E-state index is 12.6. The predicted molar refractivity (Wildman–Crippen MR) is 460 cm³/mol. The third-order valence-electron chi connectivity index (χ3n) is 11.6. The first-order valence-corrected chi connectivity index (χ1v) is 37.4. The number of H-pyrrole nitrogens is 2. The van der Waals surface area contributed by atoms with Gasteiger partial charge in [-0.3, -0.25) is 29.4 Å². The van der Waals surface area contributed by atoms with Crippen LogP contribution in [0.5, 0.6) is 17.2 Å². The Kier molecular flexibility index (Phi) is 79.8. The summed E-state index contributed by atoms with van der Waals surface area (Å²) in [4.78, 5) is 52.0. The Labute approximate surface area is 665 Å². The first kappa shape index (κ1) is 117. The van der Waals surface area contributed by atoms with E-state index in [4.69, 9.17) is 20.6 Å². The van der Waals surface area contributed by atoms with E-state index in [1.807, 2.05) is 153 Å². The number of halogens is 4. The van der Waals surface area contributed by atoms with E-state index in [0.717, 1.165) is 28.7 Å². The summed E-state index contributed by atoms with van der Waals surface area (Å²) in [5.41, 5.74) is 8.27. The highest BCUT2D eigenvalue weighted by Crippen LogP contribution is 2.21. The van der Waals surface area contributed by atoms with Crippen molar-refractivity contribution in [2.75, 3.05) is 6.26 Å². The standard InChI is InChI=1S/C9H10O4S.C8H7FO.2C8H8N2.C8H8O2.C8H10.C7H5BrO2.C7H4FN.C6H6O.C2H3ClO.7C2H6.3CH4/c1-7(10)8-5-3-4-6-9(8)13-14(2,11)12;1-6(10)7-4-2-3-5-8(7)9;2*1-6-7-4-2-3-5-8(7)10-9-6;1-6(9)7-4-2-3-5-8(7)10;1-7-5-3-4-6-8(7)2;8-6-4-2-1-3-5(6)7(9)10;8-7-4-2-1-3-6(7)5-9;7-6-4-2-1-3-5-6;1-2(3)4;7*1-2;;;/h3-6H,1-2H3;2-5H,1H3;2*2-5H,1H3,(H,9,10);2-5,10H,1H3;3-6H,1-2H3;1-4H,(H,9,10);1-4H;1-5,7H;1H3;7*1-2H3;3*1H4. The fraction of sp³-hybridized carbons (Fsp3) is 0.295. The summed E-state index contributed by atoms with van der Waals surface area (Å²) in [5.74, 6) is -1.96. The molecule has 2 heterocycles. The van der Waals surface area contributed by atoms with Gasteiger partial charge in [-0.1, -0.05) is 259 Å². The number of benzene rings is 9. The van der Waals surface area contributed by atoms with Gasteiger partial charge in [-0.05, 0) is 172 Å². The SMILES string of the molecule is C.C.C.CC.CC.CC.CC.CC.CC.CC.CC(=O)Cl.CC(=O)c1ccccc1F.CC(=O)c1ccccc1O.CC(=O)c1ccccc1OS(C)(=O)=O.Cc1[nH]nc2ccccc12.Cc1[nH]nc2ccccc12.Cc1ccccc1C.N#Cc1ccccc1F.O=C(O)c1ccccc1Br.Oc1ccccc1. The minimum Gasteiger partial charge on any atom is -0.508 e. The lowest BCUT2D eigenvalue weighted by molar-refractivity contribution is -0.109. The number of aromatic amines is 2. The van der Waals surface area contributed by atoms with Crippen molar-refractivity contribution in [1.29, 1.82) is 5.26 Å². The number of phenols is 2. The number of nitriles is 1. The Morgan fingerprint density at radius 3 is 1.05 bits per heavy atom. The zero-order valence-electron chi connectivity index (χ0n) is 65.7. The number of aromatic carboxylic acids is 1. The second kappa shape index (κ2) is 74.4. The molecule has 2 aromatic heterocycles. The number of para-hydroxylation sites is 5. The minimum absolute atomic E-state index is 0. The lowest BCUT2D eigenvalue weighted by Gasteiger charge is -2.05. The van der Waals surface area contributed by atoms with Crippen molar-refractivity contribution in [2.45, 2.75) is 175 Å². The average Bonchev–Trinajstić information content (AvgIpc) is 1.81. The van der Waals surface area contributed by atoms with Crippen LogP contribution in [0.15, 0.2) is 229 Å². The molecule has 0 aliphatic heterocycles. The van der Waals surface area contributed by atoms with Crippen LogP contribution in [0.3, 0.4) is 0 Å². The third kappa shape index (κ3) is 55.6. The number of hydrogen-bond acceptors (Lipinski definition) is 13. The van der Waals surface area contributed by atoms with E-state index in [1.54, 1.807) is 109 Å². The van der Waals surface area contributed by atoms with E-state index >= 15 is 0 Å². The number of nitrogens with zero attached hydrogens (tertiary/aromatic N) is 3. The second-order valence-corrected chi connectivity index (χ2v) is 21.9. The highest BCUT2D eigenvalue weighted by Gasteiger charge is 2.12. The summed E-state index contributed by atoms with van der Waals surface area (Å²) < 4.78 is 51.9. The third-order valence-corrected chi connectivity index (χ3v) is 12.8.